The Hall–Kier alpha value is -2.25. The van der Waals surface area contributed by atoms with Gasteiger partial charge in [0.2, 0.25) is 0 Å². The fraction of sp³-hybridized carbons (Fsp3) is 0.435. The third-order valence-corrected chi connectivity index (χ3v) is 4.67. The molecule has 0 spiro atoms. The van der Waals surface area contributed by atoms with Gasteiger partial charge in [0.25, 0.3) is 0 Å². The summed E-state index contributed by atoms with van der Waals surface area (Å²) < 4.78 is 22.7. The first-order valence-electron chi connectivity index (χ1n) is 9.61. The summed E-state index contributed by atoms with van der Waals surface area (Å²) in [6.45, 7) is 1.01. The van der Waals surface area contributed by atoms with E-state index < -0.39 is 18.2 Å². The number of ether oxygens (including phenoxy) is 4. The molecule has 6 nitrogen and oxygen atoms in total. The number of carbonyl (C=O) groups excluding carboxylic acids is 1. The molecule has 2 rings (SSSR count). The summed E-state index contributed by atoms with van der Waals surface area (Å²) in [6, 6.07) is 19.3. The molecule has 3 atom stereocenters. The summed E-state index contributed by atoms with van der Waals surface area (Å²) >= 11 is 0. The largest absolute Gasteiger partial charge is 0.467 e. The minimum Gasteiger partial charge on any atom is -0.467 e. The molecular weight excluding hydrogens is 370 g/mol. The van der Waals surface area contributed by atoms with E-state index in [9.17, 15) is 4.79 Å². The van der Waals surface area contributed by atoms with Crippen LogP contribution in [0.4, 0.5) is 0 Å². The monoisotopic (exact) mass is 401 g/mol. The minimum atomic E-state index is -0.897. The van der Waals surface area contributed by atoms with E-state index in [4.69, 9.17) is 18.9 Å². The molecule has 0 saturated carbocycles. The highest BCUT2D eigenvalue weighted by atomic mass is 16.6. The number of likely N-dealkylation sites (N-methyl/N-ethyl adjacent to an activating group) is 1. The molecule has 2 aromatic carbocycles. The topological polar surface area (TPSA) is 57.2 Å². The van der Waals surface area contributed by atoms with Crippen LogP contribution in [0.2, 0.25) is 0 Å². The quantitative estimate of drug-likeness (QED) is 0.510. The van der Waals surface area contributed by atoms with Crippen molar-refractivity contribution < 1.29 is 23.7 Å². The summed E-state index contributed by atoms with van der Waals surface area (Å²) in [5, 5.41) is 0. The number of benzene rings is 2. The summed E-state index contributed by atoms with van der Waals surface area (Å²) in [6.07, 6.45) is -1.48. The molecular formula is C23H31NO5. The number of methoxy groups -OCH3 is 2. The number of rotatable bonds is 12. The molecule has 158 valence electrons. The van der Waals surface area contributed by atoms with Crippen molar-refractivity contribution in [1.29, 1.82) is 0 Å². The zero-order chi connectivity index (χ0) is 21.1. The Balaban J connectivity index is 2.24. The van der Waals surface area contributed by atoms with E-state index in [0.717, 1.165) is 11.1 Å². The third kappa shape index (κ3) is 7.25. The van der Waals surface area contributed by atoms with Crippen molar-refractivity contribution >= 4 is 5.97 Å². The van der Waals surface area contributed by atoms with Crippen molar-refractivity contribution in [2.24, 2.45) is 0 Å². The molecule has 0 amide bonds. The van der Waals surface area contributed by atoms with Gasteiger partial charge in [0.1, 0.15) is 6.10 Å². The number of nitrogens with zero attached hydrogens (tertiary/aromatic N) is 1. The molecule has 0 heterocycles. The summed E-state index contributed by atoms with van der Waals surface area (Å²) in [4.78, 5) is 14.6. The zero-order valence-electron chi connectivity index (χ0n) is 17.6. The van der Waals surface area contributed by atoms with Gasteiger partial charge in [-0.25, -0.2) is 4.79 Å². The molecule has 0 bridgehead atoms. The van der Waals surface area contributed by atoms with Crippen LogP contribution in [0, 0.1) is 0 Å². The molecule has 0 aliphatic heterocycles. The Morgan fingerprint density at radius 1 is 0.862 bits per heavy atom. The first kappa shape index (κ1) is 23.0. The van der Waals surface area contributed by atoms with E-state index >= 15 is 0 Å². The normalized spacial score (nSPS) is 14.4. The van der Waals surface area contributed by atoms with Crippen LogP contribution in [-0.4, -0.2) is 64.0 Å². The highest BCUT2D eigenvalue weighted by Crippen LogP contribution is 2.19. The van der Waals surface area contributed by atoms with Crippen molar-refractivity contribution in [3.8, 4) is 0 Å². The Morgan fingerprint density at radius 2 is 1.38 bits per heavy atom. The zero-order valence-corrected chi connectivity index (χ0v) is 17.6. The standard InChI is InChI=1S/C23H31NO5/c1-24(2)20(17-26-3)21(28-15-18-11-7-5-8-12-18)22(23(25)27-4)29-16-19-13-9-6-10-14-19/h5-14,20-22H,15-17H2,1-4H3/t20-,21-,22-/m0/s1. The molecule has 0 aromatic heterocycles. The van der Waals surface area contributed by atoms with Gasteiger partial charge in [-0.15, -0.1) is 0 Å². The Morgan fingerprint density at radius 3 is 1.83 bits per heavy atom. The molecule has 0 fully saturated rings. The molecule has 29 heavy (non-hydrogen) atoms. The van der Waals surface area contributed by atoms with E-state index in [1.54, 1.807) is 7.11 Å². The number of esters is 1. The van der Waals surface area contributed by atoms with Crippen LogP contribution in [0.3, 0.4) is 0 Å². The van der Waals surface area contributed by atoms with Gasteiger partial charge in [-0.05, 0) is 25.2 Å². The maximum Gasteiger partial charge on any atom is 0.337 e. The van der Waals surface area contributed by atoms with E-state index in [2.05, 4.69) is 0 Å². The second kappa shape index (κ2) is 12.3. The van der Waals surface area contributed by atoms with Gasteiger partial charge < -0.3 is 23.8 Å². The Kier molecular flexibility index (Phi) is 9.80. The van der Waals surface area contributed by atoms with Crippen molar-refractivity contribution in [1.82, 2.24) is 4.90 Å². The first-order chi connectivity index (χ1) is 14.1. The van der Waals surface area contributed by atoms with Crippen LogP contribution >= 0.6 is 0 Å². The van der Waals surface area contributed by atoms with Crippen LogP contribution < -0.4 is 0 Å². The van der Waals surface area contributed by atoms with Gasteiger partial charge in [0.15, 0.2) is 6.10 Å². The van der Waals surface area contributed by atoms with E-state index in [1.807, 2.05) is 79.7 Å². The van der Waals surface area contributed by atoms with Gasteiger partial charge in [-0.3, -0.25) is 0 Å². The maximum absolute atomic E-state index is 12.6. The number of carbonyl (C=O) groups is 1. The lowest BCUT2D eigenvalue weighted by molar-refractivity contribution is -0.175. The number of hydrogen-bond acceptors (Lipinski definition) is 6. The third-order valence-electron chi connectivity index (χ3n) is 4.67. The van der Waals surface area contributed by atoms with Crippen LogP contribution in [0.1, 0.15) is 11.1 Å². The molecule has 0 unspecified atom stereocenters. The van der Waals surface area contributed by atoms with Crippen molar-refractivity contribution in [2.75, 3.05) is 34.9 Å². The van der Waals surface area contributed by atoms with Gasteiger partial charge in [-0.2, -0.15) is 0 Å². The molecule has 2 aromatic rings. The van der Waals surface area contributed by atoms with Crippen LogP contribution in [-0.2, 0) is 37.0 Å². The average molecular weight is 402 g/mol. The lowest BCUT2D eigenvalue weighted by Crippen LogP contribution is -2.53. The Bertz CT molecular complexity index is 708. The number of hydrogen-bond donors (Lipinski definition) is 0. The molecule has 0 aliphatic rings. The highest BCUT2D eigenvalue weighted by molar-refractivity contribution is 5.75. The SMILES string of the molecule is COC[C@@H]([C@H](OCc1ccccc1)[C@H](OCc1ccccc1)C(=O)OC)N(C)C. The molecule has 0 saturated heterocycles. The second-order valence-corrected chi connectivity index (χ2v) is 6.99. The molecule has 0 radical (unpaired) electrons. The van der Waals surface area contributed by atoms with E-state index in [1.165, 1.54) is 7.11 Å². The predicted molar refractivity (Wildman–Crippen MR) is 111 cm³/mol. The fourth-order valence-electron chi connectivity index (χ4n) is 3.05. The smallest absolute Gasteiger partial charge is 0.337 e. The van der Waals surface area contributed by atoms with Gasteiger partial charge in [0.05, 0.1) is 33.0 Å². The fourth-order valence-corrected chi connectivity index (χ4v) is 3.05. The van der Waals surface area contributed by atoms with Crippen molar-refractivity contribution in [3.05, 3.63) is 71.8 Å². The predicted octanol–water partition coefficient (Wildman–Crippen LogP) is 2.91. The van der Waals surface area contributed by atoms with Crippen LogP contribution in [0.25, 0.3) is 0 Å². The van der Waals surface area contributed by atoms with Crippen molar-refractivity contribution in [3.63, 3.8) is 0 Å². The summed E-state index contributed by atoms with van der Waals surface area (Å²) in [5.41, 5.74) is 1.98. The van der Waals surface area contributed by atoms with Gasteiger partial charge in [0, 0.05) is 7.11 Å². The van der Waals surface area contributed by atoms with Gasteiger partial charge >= 0.3 is 5.97 Å². The first-order valence-corrected chi connectivity index (χ1v) is 9.61. The lowest BCUT2D eigenvalue weighted by Gasteiger charge is -2.35. The molecule has 0 aliphatic carbocycles. The summed E-state index contributed by atoms with van der Waals surface area (Å²) in [7, 11) is 6.83. The van der Waals surface area contributed by atoms with Gasteiger partial charge in [-0.1, -0.05) is 60.7 Å². The van der Waals surface area contributed by atoms with Crippen LogP contribution in [0.5, 0.6) is 0 Å². The second-order valence-electron chi connectivity index (χ2n) is 6.99. The van der Waals surface area contributed by atoms with Crippen molar-refractivity contribution in [2.45, 2.75) is 31.5 Å². The Labute approximate surface area is 173 Å². The highest BCUT2D eigenvalue weighted by Gasteiger charge is 2.38. The average Bonchev–Trinajstić information content (AvgIpc) is 2.75. The minimum absolute atomic E-state index is 0.205. The molecule has 6 heteroatoms. The summed E-state index contributed by atoms with van der Waals surface area (Å²) in [5.74, 6) is -0.470. The van der Waals surface area contributed by atoms with E-state index in [0.29, 0.717) is 13.2 Å². The maximum atomic E-state index is 12.6. The lowest BCUT2D eigenvalue weighted by atomic mass is 10.0. The van der Waals surface area contributed by atoms with Crippen LogP contribution in [0.15, 0.2) is 60.7 Å². The molecule has 0 N–H and O–H groups in total. The van der Waals surface area contributed by atoms with E-state index in [-0.39, 0.29) is 12.6 Å².